The Balaban J connectivity index is 2.41. The maximum Gasteiger partial charge on any atom is 0.328 e. The number of aromatic nitrogens is 3. The third-order valence-electron chi connectivity index (χ3n) is 2.32. The molecular formula is C11H10ClN5O3. The Labute approximate surface area is 118 Å². The van der Waals surface area contributed by atoms with Gasteiger partial charge in [-0.25, -0.2) is 0 Å². The summed E-state index contributed by atoms with van der Waals surface area (Å²) < 4.78 is 5.35. The summed E-state index contributed by atoms with van der Waals surface area (Å²) in [5, 5.41) is 13.6. The van der Waals surface area contributed by atoms with Crippen LogP contribution < -0.4 is 10.1 Å². The average molecular weight is 296 g/mol. The van der Waals surface area contributed by atoms with Gasteiger partial charge in [-0.15, -0.1) is 0 Å². The van der Waals surface area contributed by atoms with E-state index in [1.807, 2.05) is 0 Å². The molecule has 0 saturated carbocycles. The van der Waals surface area contributed by atoms with E-state index in [9.17, 15) is 10.1 Å². The fourth-order valence-corrected chi connectivity index (χ4v) is 1.59. The number of rotatable bonds is 4. The van der Waals surface area contributed by atoms with Crippen LogP contribution in [-0.2, 0) is 0 Å². The molecule has 0 bridgehead atoms. The third kappa shape index (κ3) is 3.09. The summed E-state index contributed by atoms with van der Waals surface area (Å²) in [5.74, 6) is 0.245. The number of nitrogens with zero attached hydrogens (tertiary/aromatic N) is 4. The van der Waals surface area contributed by atoms with Gasteiger partial charge in [0.05, 0.1) is 4.92 Å². The Hall–Kier alpha value is -2.48. The molecule has 0 radical (unpaired) electrons. The molecule has 0 spiro atoms. The van der Waals surface area contributed by atoms with Crippen LogP contribution in [0.1, 0.15) is 5.56 Å². The zero-order chi connectivity index (χ0) is 14.7. The van der Waals surface area contributed by atoms with Gasteiger partial charge in [-0.2, -0.15) is 15.0 Å². The summed E-state index contributed by atoms with van der Waals surface area (Å²) in [6.45, 7) is 1.79. The molecule has 1 aromatic carbocycles. The zero-order valence-corrected chi connectivity index (χ0v) is 11.4. The van der Waals surface area contributed by atoms with Crippen molar-refractivity contribution in [3.8, 4) is 11.8 Å². The van der Waals surface area contributed by atoms with Crippen LogP contribution in [0, 0.1) is 17.0 Å². The number of hydrogen-bond donors (Lipinski definition) is 1. The summed E-state index contributed by atoms with van der Waals surface area (Å²) >= 11 is 5.71. The standard InChI is InChI=1S/C11H10ClN5O3/c1-6-3-4-7(17(18)19)8(5-6)20-11-15-9(12)14-10(13-2)16-11/h3-5H,1-2H3,(H,13,14,15,16). The minimum Gasteiger partial charge on any atom is -0.417 e. The number of aryl methyl sites for hydroxylation is 1. The van der Waals surface area contributed by atoms with Crippen LogP contribution in [0.5, 0.6) is 11.8 Å². The molecule has 20 heavy (non-hydrogen) atoms. The number of anilines is 1. The van der Waals surface area contributed by atoms with E-state index in [1.54, 1.807) is 20.0 Å². The zero-order valence-electron chi connectivity index (χ0n) is 10.6. The van der Waals surface area contributed by atoms with E-state index in [2.05, 4.69) is 20.3 Å². The lowest BCUT2D eigenvalue weighted by Gasteiger charge is -2.06. The van der Waals surface area contributed by atoms with E-state index in [-0.39, 0.29) is 28.7 Å². The van der Waals surface area contributed by atoms with Gasteiger partial charge >= 0.3 is 11.7 Å². The first-order chi connectivity index (χ1) is 9.49. The van der Waals surface area contributed by atoms with Crippen molar-refractivity contribution in [1.82, 2.24) is 15.0 Å². The van der Waals surface area contributed by atoms with Crippen LogP contribution in [0.2, 0.25) is 5.28 Å². The van der Waals surface area contributed by atoms with Crippen molar-refractivity contribution in [2.24, 2.45) is 0 Å². The molecule has 8 nitrogen and oxygen atoms in total. The van der Waals surface area contributed by atoms with Crippen molar-refractivity contribution in [3.63, 3.8) is 0 Å². The smallest absolute Gasteiger partial charge is 0.328 e. The maximum absolute atomic E-state index is 10.9. The van der Waals surface area contributed by atoms with Crippen LogP contribution >= 0.6 is 11.6 Å². The average Bonchev–Trinajstić information content (AvgIpc) is 2.37. The second-order valence-corrected chi connectivity index (χ2v) is 4.13. The van der Waals surface area contributed by atoms with Gasteiger partial charge in [0.15, 0.2) is 0 Å². The lowest BCUT2D eigenvalue weighted by molar-refractivity contribution is -0.385. The summed E-state index contributed by atoms with van der Waals surface area (Å²) in [7, 11) is 1.60. The van der Waals surface area contributed by atoms with Crippen molar-refractivity contribution >= 4 is 23.2 Å². The molecule has 1 N–H and O–H groups in total. The Morgan fingerprint density at radius 2 is 2.10 bits per heavy atom. The van der Waals surface area contributed by atoms with Crippen molar-refractivity contribution in [3.05, 3.63) is 39.2 Å². The molecular weight excluding hydrogens is 286 g/mol. The first-order valence-electron chi connectivity index (χ1n) is 5.52. The first kappa shape index (κ1) is 13.9. The van der Waals surface area contributed by atoms with Crippen LogP contribution in [0.4, 0.5) is 11.6 Å². The summed E-state index contributed by atoms with van der Waals surface area (Å²) in [4.78, 5) is 21.9. The summed E-state index contributed by atoms with van der Waals surface area (Å²) in [6.07, 6.45) is 0. The number of nitro benzene ring substituents is 1. The quantitative estimate of drug-likeness (QED) is 0.683. The predicted molar refractivity (Wildman–Crippen MR) is 72.3 cm³/mol. The van der Waals surface area contributed by atoms with Crippen molar-refractivity contribution < 1.29 is 9.66 Å². The molecule has 0 amide bonds. The molecule has 2 rings (SSSR count). The van der Waals surface area contributed by atoms with Gasteiger partial charge in [0.25, 0.3) is 0 Å². The second-order valence-electron chi connectivity index (χ2n) is 3.79. The maximum atomic E-state index is 10.9. The monoisotopic (exact) mass is 295 g/mol. The molecule has 0 aliphatic carbocycles. The second kappa shape index (κ2) is 5.66. The molecule has 1 heterocycles. The van der Waals surface area contributed by atoms with Gasteiger partial charge in [0.2, 0.25) is 17.0 Å². The fourth-order valence-electron chi connectivity index (χ4n) is 1.44. The molecule has 0 unspecified atom stereocenters. The Kier molecular flexibility index (Phi) is 3.94. The molecule has 104 valence electrons. The van der Waals surface area contributed by atoms with E-state index in [4.69, 9.17) is 16.3 Å². The molecule has 0 fully saturated rings. The van der Waals surface area contributed by atoms with Gasteiger partial charge < -0.3 is 10.1 Å². The fraction of sp³-hybridized carbons (Fsp3) is 0.182. The molecule has 0 atom stereocenters. The van der Waals surface area contributed by atoms with Crippen molar-refractivity contribution in [1.29, 1.82) is 0 Å². The Morgan fingerprint density at radius 3 is 2.75 bits per heavy atom. The number of benzene rings is 1. The molecule has 0 aliphatic rings. The topological polar surface area (TPSA) is 103 Å². The number of halogens is 1. The lowest BCUT2D eigenvalue weighted by Crippen LogP contribution is -2.02. The van der Waals surface area contributed by atoms with Crippen LogP contribution in [-0.4, -0.2) is 26.9 Å². The lowest BCUT2D eigenvalue weighted by atomic mass is 10.2. The van der Waals surface area contributed by atoms with Gasteiger partial charge in [0.1, 0.15) is 0 Å². The SMILES string of the molecule is CNc1nc(Cl)nc(Oc2cc(C)ccc2[N+](=O)[O-])n1. The highest BCUT2D eigenvalue weighted by molar-refractivity contribution is 6.28. The molecule has 9 heteroatoms. The molecule has 0 aliphatic heterocycles. The van der Waals surface area contributed by atoms with E-state index in [1.165, 1.54) is 12.1 Å². The number of hydrogen-bond acceptors (Lipinski definition) is 7. The minimum absolute atomic E-state index is 0.0410. The van der Waals surface area contributed by atoms with E-state index in [0.717, 1.165) is 5.56 Å². The van der Waals surface area contributed by atoms with Crippen LogP contribution in [0.15, 0.2) is 18.2 Å². The minimum atomic E-state index is -0.545. The van der Waals surface area contributed by atoms with E-state index < -0.39 is 4.92 Å². The van der Waals surface area contributed by atoms with Gasteiger partial charge in [-0.3, -0.25) is 10.1 Å². The highest BCUT2D eigenvalue weighted by Crippen LogP contribution is 2.31. The normalized spacial score (nSPS) is 10.2. The van der Waals surface area contributed by atoms with Crippen LogP contribution in [0.3, 0.4) is 0 Å². The van der Waals surface area contributed by atoms with Crippen molar-refractivity contribution in [2.75, 3.05) is 12.4 Å². The Morgan fingerprint density at radius 1 is 1.35 bits per heavy atom. The Bertz CT molecular complexity index is 665. The highest BCUT2D eigenvalue weighted by Gasteiger charge is 2.17. The molecule has 1 aromatic heterocycles. The molecule has 2 aromatic rings. The number of nitrogens with one attached hydrogen (secondary N) is 1. The molecule has 0 saturated heterocycles. The predicted octanol–water partition coefficient (Wildman–Crippen LogP) is 2.58. The number of ether oxygens (including phenoxy) is 1. The summed E-state index contributed by atoms with van der Waals surface area (Å²) in [5.41, 5.74) is 0.623. The van der Waals surface area contributed by atoms with E-state index in [0.29, 0.717) is 0 Å². The number of nitro groups is 1. The summed E-state index contributed by atoms with van der Waals surface area (Å²) in [6, 6.07) is 4.37. The third-order valence-corrected chi connectivity index (χ3v) is 2.49. The van der Waals surface area contributed by atoms with Gasteiger partial charge in [-0.05, 0) is 30.2 Å². The van der Waals surface area contributed by atoms with Crippen molar-refractivity contribution in [2.45, 2.75) is 6.92 Å². The van der Waals surface area contributed by atoms with Crippen LogP contribution in [0.25, 0.3) is 0 Å². The first-order valence-corrected chi connectivity index (χ1v) is 5.89. The van der Waals surface area contributed by atoms with E-state index >= 15 is 0 Å². The van der Waals surface area contributed by atoms with Gasteiger partial charge in [-0.1, -0.05) is 6.07 Å². The largest absolute Gasteiger partial charge is 0.417 e. The van der Waals surface area contributed by atoms with Gasteiger partial charge in [0, 0.05) is 13.1 Å². The highest BCUT2D eigenvalue weighted by atomic mass is 35.5.